The van der Waals surface area contributed by atoms with E-state index >= 15 is 0 Å². The molecule has 1 saturated heterocycles. The van der Waals surface area contributed by atoms with Crippen LogP contribution in [0.4, 0.5) is 5.82 Å². The zero-order valence-electron chi connectivity index (χ0n) is 15.8. The predicted molar refractivity (Wildman–Crippen MR) is 117 cm³/mol. The molecule has 0 bridgehead atoms. The van der Waals surface area contributed by atoms with E-state index in [0.29, 0.717) is 12.1 Å². The van der Waals surface area contributed by atoms with E-state index in [-0.39, 0.29) is 5.91 Å². The molecule has 3 rings (SSSR count). The molecule has 144 valence electrons. The number of hydrogen-bond acceptors (Lipinski definition) is 4. The van der Waals surface area contributed by atoms with Crippen LogP contribution in [0.5, 0.6) is 0 Å². The minimum atomic E-state index is -0.0614. The molecule has 1 aromatic carbocycles. The highest BCUT2D eigenvalue weighted by Crippen LogP contribution is 2.19. The van der Waals surface area contributed by atoms with Gasteiger partial charge < -0.3 is 10.2 Å². The summed E-state index contributed by atoms with van der Waals surface area (Å²) in [5, 5.41) is 5.63. The molecule has 0 atom stereocenters. The number of anilines is 1. The number of thioether (sulfide) groups is 1. The summed E-state index contributed by atoms with van der Waals surface area (Å²) in [7, 11) is 0. The first-order valence-electron chi connectivity index (χ1n) is 9.01. The average molecular weight is 404 g/mol. The smallest absolute Gasteiger partial charge is 0.253 e. The highest BCUT2D eigenvalue weighted by Gasteiger charge is 2.16. The van der Waals surface area contributed by atoms with Crippen LogP contribution in [-0.4, -0.2) is 36.8 Å². The Kier molecular flexibility index (Phi) is 9.22. The van der Waals surface area contributed by atoms with E-state index < -0.39 is 0 Å². The van der Waals surface area contributed by atoms with Crippen LogP contribution >= 0.6 is 23.4 Å². The lowest BCUT2D eigenvalue weighted by atomic mass is 10.2. The molecule has 1 amide bonds. The highest BCUT2D eigenvalue weighted by atomic mass is 35.5. The second-order valence-corrected chi connectivity index (χ2v) is 7.29. The van der Waals surface area contributed by atoms with Gasteiger partial charge in [-0.2, -0.15) is 0 Å². The number of hydrogen-bond donors (Lipinski definition) is 1. The van der Waals surface area contributed by atoms with Gasteiger partial charge in [0, 0.05) is 24.7 Å². The highest BCUT2D eigenvalue weighted by molar-refractivity contribution is 8.01. The molecule has 1 aromatic heterocycles. The molecular weight excluding hydrogens is 378 g/mol. The van der Waals surface area contributed by atoms with Crippen molar-refractivity contribution in [2.75, 3.05) is 30.8 Å². The van der Waals surface area contributed by atoms with Crippen LogP contribution in [0.1, 0.15) is 28.9 Å². The third-order valence-corrected chi connectivity index (χ3v) is 4.81. The molecule has 0 aliphatic carbocycles. The Bertz CT molecular complexity index is 746. The fourth-order valence-corrected chi connectivity index (χ4v) is 3.15. The van der Waals surface area contributed by atoms with Gasteiger partial charge >= 0.3 is 0 Å². The van der Waals surface area contributed by atoms with Gasteiger partial charge in [-0.1, -0.05) is 35.9 Å². The maximum absolute atomic E-state index is 12.1. The summed E-state index contributed by atoms with van der Waals surface area (Å²) in [6.07, 6.45) is 6.38. The Hall–Kier alpha value is -1.98. The molecule has 0 unspecified atom stereocenters. The molecular formula is C21H26ClN3OS. The van der Waals surface area contributed by atoms with Crippen molar-refractivity contribution >= 4 is 35.1 Å². The summed E-state index contributed by atoms with van der Waals surface area (Å²) in [5.41, 5.74) is 1.45. The third-order valence-electron chi connectivity index (χ3n) is 4.09. The van der Waals surface area contributed by atoms with Crippen molar-refractivity contribution in [3.8, 4) is 0 Å². The third kappa shape index (κ3) is 7.27. The number of amides is 1. The number of pyridine rings is 1. The Morgan fingerprint density at radius 1 is 1.22 bits per heavy atom. The first-order valence-corrected chi connectivity index (χ1v) is 10.7. The zero-order chi connectivity index (χ0) is 19.5. The largest absolute Gasteiger partial charge is 0.357 e. The van der Waals surface area contributed by atoms with Gasteiger partial charge in [0.1, 0.15) is 5.82 Å². The van der Waals surface area contributed by atoms with Crippen LogP contribution in [0, 0.1) is 6.92 Å². The standard InChI is InChI=1S/C15H21N3OS.C6H5Cl/c1-12-13(15(19)16-8-5-11-20-2)6-7-14(17-12)18-9-3-4-10-18;7-6-4-2-1-3-5-6/h5-7,11H,3-4,8-10H2,1-2H3,(H,16,19);1-5H/b11-5+;. The van der Waals surface area contributed by atoms with Gasteiger partial charge in [-0.05, 0) is 55.7 Å². The first kappa shape index (κ1) is 21.3. The first-order chi connectivity index (χ1) is 13.1. The lowest BCUT2D eigenvalue weighted by molar-refractivity contribution is 0.0957. The molecule has 4 nitrogen and oxygen atoms in total. The van der Waals surface area contributed by atoms with Crippen LogP contribution in [0.15, 0.2) is 53.9 Å². The Balaban J connectivity index is 0.000000313. The molecule has 1 N–H and O–H groups in total. The average Bonchev–Trinajstić information content (AvgIpc) is 3.21. The Morgan fingerprint density at radius 3 is 2.48 bits per heavy atom. The van der Waals surface area contributed by atoms with Gasteiger partial charge in [0.15, 0.2) is 0 Å². The van der Waals surface area contributed by atoms with Crippen molar-refractivity contribution in [1.29, 1.82) is 0 Å². The second-order valence-electron chi connectivity index (χ2n) is 6.11. The van der Waals surface area contributed by atoms with E-state index in [1.54, 1.807) is 11.8 Å². The van der Waals surface area contributed by atoms with Gasteiger partial charge in [-0.25, -0.2) is 4.98 Å². The van der Waals surface area contributed by atoms with Crippen molar-refractivity contribution in [1.82, 2.24) is 10.3 Å². The van der Waals surface area contributed by atoms with Gasteiger partial charge in [-0.3, -0.25) is 4.79 Å². The summed E-state index contributed by atoms with van der Waals surface area (Å²) in [4.78, 5) is 18.9. The predicted octanol–water partition coefficient (Wildman–Crippen LogP) is 4.94. The fraction of sp³-hybridized carbons (Fsp3) is 0.333. The number of aromatic nitrogens is 1. The SMILES string of the molecule is CS/C=C/CNC(=O)c1ccc(N2CCCC2)nc1C.Clc1ccccc1. The molecule has 0 radical (unpaired) electrons. The minimum absolute atomic E-state index is 0.0614. The van der Waals surface area contributed by atoms with Crippen molar-refractivity contribution in [2.45, 2.75) is 19.8 Å². The maximum Gasteiger partial charge on any atom is 0.253 e. The van der Waals surface area contributed by atoms with Crippen LogP contribution in [0.2, 0.25) is 5.02 Å². The number of carbonyl (C=O) groups excluding carboxylic acids is 1. The summed E-state index contributed by atoms with van der Waals surface area (Å²) in [6.45, 7) is 4.58. The van der Waals surface area contributed by atoms with Gasteiger partial charge in [0.05, 0.1) is 11.3 Å². The van der Waals surface area contributed by atoms with Crippen LogP contribution in [0.25, 0.3) is 0 Å². The number of benzene rings is 1. The van der Waals surface area contributed by atoms with Crippen LogP contribution in [0.3, 0.4) is 0 Å². The van der Waals surface area contributed by atoms with Crippen molar-refractivity contribution in [2.24, 2.45) is 0 Å². The number of rotatable bonds is 5. The monoisotopic (exact) mass is 403 g/mol. The molecule has 2 heterocycles. The maximum atomic E-state index is 12.1. The zero-order valence-corrected chi connectivity index (χ0v) is 17.4. The number of aryl methyl sites for hydroxylation is 1. The van der Waals surface area contributed by atoms with Gasteiger partial charge in [0.2, 0.25) is 0 Å². The van der Waals surface area contributed by atoms with E-state index in [9.17, 15) is 4.79 Å². The van der Waals surface area contributed by atoms with E-state index in [2.05, 4.69) is 15.2 Å². The lowest BCUT2D eigenvalue weighted by Gasteiger charge is -2.17. The molecule has 2 aromatic rings. The summed E-state index contributed by atoms with van der Waals surface area (Å²) < 4.78 is 0. The van der Waals surface area contributed by atoms with E-state index in [0.717, 1.165) is 29.6 Å². The van der Waals surface area contributed by atoms with Crippen molar-refractivity contribution in [3.63, 3.8) is 0 Å². The fourth-order valence-electron chi connectivity index (χ4n) is 2.72. The lowest BCUT2D eigenvalue weighted by Crippen LogP contribution is -2.25. The molecule has 0 saturated carbocycles. The van der Waals surface area contributed by atoms with Gasteiger partial charge in [-0.15, -0.1) is 11.8 Å². The number of nitrogens with one attached hydrogen (secondary N) is 1. The Morgan fingerprint density at radius 2 is 1.93 bits per heavy atom. The van der Waals surface area contributed by atoms with Crippen LogP contribution < -0.4 is 10.2 Å². The molecule has 1 aliphatic heterocycles. The van der Waals surface area contributed by atoms with E-state index in [1.165, 1.54) is 12.8 Å². The second kappa shape index (κ2) is 11.7. The molecule has 1 aliphatic rings. The van der Waals surface area contributed by atoms with Crippen molar-refractivity contribution in [3.05, 3.63) is 70.2 Å². The summed E-state index contributed by atoms with van der Waals surface area (Å²) in [6, 6.07) is 13.3. The van der Waals surface area contributed by atoms with Crippen molar-refractivity contribution < 1.29 is 4.79 Å². The number of carbonyl (C=O) groups is 1. The summed E-state index contributed by atoms with van der Waals surface area (Å²) >= 11 is 7.16. The van der Waals surface area contributed by atoms with E-state index in [1.807, 2.05) is 67.1 Å². The quantitative estimate of drug-likeness (QED) is 0.768. The molecule has 6 heteroatoms. The molecule has 0 spiro atoms. The topological polar surface area (TPSA) is 45.2 Å². The Labute approximate surface area is 171 Å². The minimum Gasteiger partial charge on any atom is -0.357 e. The molecule has 1 fully saturated rings. The van der Waals surface area contributed by atoms with Gasteiger partial charge in [0.25, 0.3) is 5.91 Å². The number of nitrogens with zero attached hydrogens (tertiary/aromatic N) is 2. The number of halogens is 1. The van der Waals surface area contributed by atoms with Crippen LogP contribution in [-0.2, 0) is 0 Å². The van der Waals surface area contributed by atoms with E-state index in [4.69, 9.17) is 11.6 Å². The summed E-state index contributed by atoms with van der Waals surface area (Å²) in [5.74, 6) is 0.924. The normalized spacial score (nSPS) is 13.4. The molecule has 27 heavy (non-hydrogen) atoms.